The van der Waals surface area contributed by atoms with Crippen LogP contribution in [0.3, 0.4) is 0 Å². The van der Waals surface area contributed by atoms with Crippen molar-refractivity contribution in [3.8, 4) is 11.4 Å². The van der Waals surface area contributed by atoms with Crippen molar-refractivity contribution in [1.29, 1.82) is 0 Å². The van der Waals surface area contributed by atoms with Gasteiger partial charge in [-0.2, -0.15) is 0 Å². The first-order valence-corrected chi connectivity index (χ1v) is 11.2. The third-order valence-corrected chi connectivity index (χ3v) is 6.45. The molecular formula is C21H23Cl2N5OS. The van der Waals surface area contributed by atoms with E-state index in [2.05, 4.69) is 29.4 Å². The van der Waals surface area contributed by atoms with Gasteiger partial charge in [-0.3, -0.25) is 4.79 Å². The van der Waals surface area contributed by atoms with Crippen molar-refractivity contribution in [1.82, 2.24) is 14.9 Å². The molecule has 1 heterocycles. The van der Waals surface area contributed by atoms with Crippen LogP contribution in [0.25, 0.3) is 11.4 Å². The zero-order valence-electron chi connectivity index (χ0n) is 16.9. The lowest BCUT2D eigenvalue weighted by Gasteiger charge is -2.17. The number of nitrogens with zero attached hydrogens (tertiary/aromatic N) is 3. The summed E-state index contributed by atoms with van der Waals surface area (Å²) in [7, 11) is 0. The second-order valence-corrected chi connectivity index (χ2v) is 9.10. The van der Waals surface area contributed by atoms with Gasteiger partial charge in [0.2, 0.25) is 11.1 Å². The normalized spacial score (nSPS) is 13.1. The molecule has 158 valence electrons. The number of nitrogens with two attached hydrogens (primary N) is 1. The number of hydrogen-bond donors (Lipinski definition) is 2. The number of amides is 1. The highest BCUT2D eigenvalue weighted by molar-refractivity contribution is 8.00. The number of para-hydroxylation sites is 1. The molecule has 3 rings (SSSR count). The molecule has 3 N–H and O–H groups in total. The molecule has 0 fully saturated rings. The fourth-order valence-electron chi connectivity index (χ4n) is 2.92. The maximum absolute atomic E-state index is 12.8. The largest absolute Gasteiger partial charge is 0.335 e. The Hall–Kier alpha value is -2.22. The number of thioether (sulfide) groups is 1. The SMILES string of the molecule is CCC(C)c1ccccc1NC(=O)C(C)Sc1nnc(-c2ccc(Cl)cc2Cl)n1N. The lowest BCUT2D eigenvalue weighted by molar-refractivity contribution is -0.115. The molecule has 0 saturated carbocycles. The third kappa shape index (κ3) is 4.91. The number of benzene rings is 2. The van der Waals surface area contributed by atoms with Crippen molar-refractivity contribution >= 4 is 46.6 Å². The molecule has 1 amide bonds. The number of anilines is 1. The Morgan fingerprint density at radius 1 is 1.20 bits per heavy atom. The second-order valence-electron chi connectivity index (χ2n) is 6.95. The van der Waals surface area contributed by atoms with Crippen LogP contribution < -0.4 is 11.2 Å². The van der Waals surface area contributed by atoms with Gasteiger partial charge in [0.1, 0.15) is 0 Å². The topological polar surface area (TPSA) is 85.8 Å². The minimum absolute atomic E-state index is 0.134. The second kappa shape index (κ2) is 9.73. The van der Waals surface area contributed by atoms with E-state index in [0.717, 1.165) is 17.7 Å². The summed E-state index contributed by atoms with van der Waals surface area (Å²) in [6, 6.07) is 12.9. The van der Waals surface area contributed by atoms with Crippen molar-refractivity contribution in [3.63, 3.8) is 0 Å². The number of carbonyl (C=O) groups excluding carboxylic acids is 1. The van der Waals surface area contributed by atoms with Gasteiger partial charge in [0, 0.05) is 16.3 Å². The molecule has 9 heteroatoms. The predicted octanol–water partition coefficient (Wildman–Crippen LogP) is 5.60. The van der Waals surface area contributed by atoms with Gasteiger partial charge < -0.3 is 11.2 Å². The van der Waals surface area contributed by atoms with E-state index in [9.17, 15) is 4.79 Å². The van der Waals surface area contributed by atoms with Crippen LogP contribution in [-0.4, -0.2) is 26.0 Å². The smallest absolute Gasteiger partial charge is 0.237 e. The standard InChI is InChI=1S/C21H23Cl2N5OS/c1-4-12(2)15-7-5-6-8-18(15)25-20(29)13(3)30-21-27-26-19(28(21)24)16-10-9-14(22)11-17(16)23/h5-13H,4,24H2,1-3H3,(H,25,29). The number of nitrogens with one attached hydrogen (secondary N) is 1. The summed E-state index contributed by atoms with van der Waals surface area (Å²) >= 11 is 13.4. The van der Waals surface area contributed by atoms with E-state index in [1.165, 1.54) is 16.4 Å². The Morgan fingerprint density at radius 2 is 1.93 bits per heavy atom. The van der Waals surface area contributed by atoms with Crippen LogP contribution in [0.15, 0.2) is 47.6 Å². The van der Waals surface area contributed by atoms with Crippen LogP contribution in [0.5, 0.6) is 0 Å². The number of nitrogen functional groups attached to an aromatic ring is 1. The minimum atomic E-state index is -0.435. The van der Waals surface area contributed by atoms with Gasteiger partial charge in [-0.25, -0.2) is 4.68 Å². The summed E-state index contributed by atoms with van der Waals surface area (Å²) in [4.78, 5) is 12.8. The van der Waals surface area contributed by atoms with Crippen molar-refractivity contribution in [2.45, 2.75) is 43.5 Å². The van der Waals surface area contributed by atoms with Gasteiger partial charge in [-0.15, -0.1) is 10.2 Å². The fraction of sp³-hybridized carbons (Fsp3) is 0.286. The van der Waals surface area contributed by atoms with Gasteiger partial charge >= 0.3 is 0 Å². The van der Waals surface area contributed by atoms with Crippen LogP contribution in [0.1, 0.15) is 38.7 Å². The summed E-state index contributed by atoms with van der Waals surface area (Å²) in [5.41, 5.74) is 2.56. The van der Waals surface area contributed by atoms with E-state index in [4.69, 9.17) is 29.0 Å². The molecule has 0 aliphatic rings. The first-order chi connectivity index (χ1) is 14.3. The van der Waals surface area contributed by atoms with E-state index in [0.29, 0.717) is 32.5 Å². The van der Waals surface area contributed by atoms with Crippen LogP contribution in [0.2, 0.25) is 10.0 Å². The zero-order valence-corrected chi connectivity index (χ0v) is 19.2. The van der Waals surface area contributed by atoms with Crippen molar-refractivity contribution in [2.75, 3.05) is 11.2 Å². The lowest BCUT2D eigenvalue weighted by atomic mass is 9.97. The Kier molecular flexibility index (Phi) is 7.28. The van der Waals surface area contributed by atoms with Crippen LogP contribution >= 0.6 is 35.0 Å². The maximum atomic E-state index is 12.8. The van der Waals surface area contributed by atoms with E-state index in [-0.39, 0.29) is 5.91 Å². The highest BCUT2D eigenvalue weighted by atomic mass is 35.5. The Morgan fingerprint density at radius 3 is 2.63 bits per heavy atom. The van der Waals surface area contributed by atoms with Crippen molar-refractivity contribution in [3.05, 3.63) is 58.1 Å². The monoisotopic (exact) mass is 463 g/mol. The van der Waals surface area contributed by atoms with Crippen LogP contribution in [0, 0.1) is 0 Å². The number of halogens is 2. The van der Waals surface area contributed by atoms with Gasteiger partial charge in [0.05, 0.1) is 10.3 Å². The molecule has 0 saturated heterocycles. The maximum Gasteiger partial charge on any atom is 0.237 e. The number of carbonyl (C=O) groups is 1. The molecule has 0 bridgehead atoms. The van der Waals surface area contributed by atoms with Gasteiger partial charge in [-0.1, -0.05) is 67.0 Å². The summed E-state index contributed by atoms with van der Waals surface area (Å²) in [5.74, 6) is 6.79. The average Bonchev–Trinajstić information content (AvgIpc) is 3.08. The molecule has 3 aromatic rings. The van der Waals surface area contributed by atoms with E-state index >= 15 is 0 Å². The summed E-state index contributed by atoms with van der Waals surface area (Å²) in [5, 5.41) is 12.2. The molecule has 2 unspecified atom stereocenters. The molecule has 1 aromatic heterocycles. The Balaban J connectivity index is 1.75. The van der Waals surface area contributed by atoms with E-state index in [1.54, 1.807) is 25.1 Å². The summed E-state index contributed by atoms with van der Waals surface area (Å²) in [6.45, 7) is 6.07. The van der Waals surface area contributed by atoms with Crippen LogP contribution in [0.4, 0.5) is 5.69 Å². The summed E-state index contributed by atoms with van der Waals surface area (Å²) < 4.78 is 1.33. The number of aromatic nitrogens is 3. The molecule has 0 radical (unpaired) electrons. The molecule has 2 atom stereocenters. The highest BCUT2D eigenvalue weighted by Gasteiger charge is 2.22. The van der Waals surface area contributed by atoms with Crippen LogP contribution in [-0.2, 0) is 4.79 Å². The molecule has 30 heavy (non-hydrogen) atoms. The van der Waals surface area contributed by atoms with Gasteiger partial charge in [-0.05, 0) is 49.1 Å². The molecule has 0 aliphatic carbocycles. The van der Waals surface area contributed by atoms with Crippen molar-refractivity contribution in [2.24, 2.45) is 0 Å². The molecule has 0 aliphatic heterocycles. The van der Waals surface area contributed by atoms with Gasteiger partial charge in [0.15, 0.2) is 5.82 Å². The Bertz CT molecular complexity index is 1060. The van der Waals surface area contributed by atoms with E-state index < -0.39 is 5.25 Å². The lowest BCUT2D eigenvalue weighted by Crippen LogP contribution is -2.24. The molecule has 2 aromatic carbocycles. The van der Waals surface area contributed by atoms with Crippen molar-refractivity contribution < 1.29 is 4.79 Å². The number of rotatable bonds is 7. The van der Waals surface area contributed by atoms with Gasteiger partial charge in [0.25, 0.3) is 0 Å². The molecule has 6 nitrogen and oxygen atoms in total. The first kappa shape index (κ1) is 22.5. The highest BCUT2D eigenvalue weighted by Crippen LogP contribution is 2.32. The predicted molar refractivity (Wildman–Crippen MR) is 125 cm³/mol. The third-order valence-electron chi connectivity index (χ3n) is 4.85. The summed E-state index contributed by atoms with van der Waals surface area (Å²) in [6.07, 6.45) is 0.990. The fourth-order valence-corrected chi connectivity index (χ4v) is 4.18. The zero-order chi connectivity index (χ0) is 21.8. The van der Waals surface area contributed by atoms with E-state index in [1.807, 2.05) is 24.3 Å². The minimum Gasteiger partial charge on any atom is -0.335 e. The quantitative estimate of drug-likeness (QED) is 0.351. The molecule has 0 spiro atoms. The Labute approximate surface area is 190 Å². The average molecular weight is 464 g/mol. The first-order valence-electron chi connectivity index (χ1n) is 9.54. The number of hydrogen-bond acceptors (Lipinski definition) is 5. The molecular weight excluding hydrogens is 441 g/mol.